The fraction of sp³-hybridized carbons (Fsp3) is 0.355. The number of carbonyl (C=O) groups is 2. The van der Waals surface area contributed by atoms with Crippen LogP contribution in [-0.4, -0.2) is 50.4 Å². The van der Waals surface area contributed by atoms with Crippen molar-refractivity contribution < 1.29 is 27.1 Å². The first-order valence-corrected chi connectivity index (χ1v) is 15.1. The molecule has 10 heteroatoms. The van der Waals surface area contributed by atoms with Gasteiger partial charge in [0.05, 0.1) is 17.2 Å². The van der Waals surface area contributed by atoms with Crippen molar-refractivity contribution in [3.8, 4) is 5.75 Å². The van der Waals surface area contributed by atoms with Gasteiger partial charge in [-0.3, -0.25) is 13.9 Å². The molecular weight excluding hydrogens is 545 g/mol. The summed E-state index contributed by atoms with van der Waals surface area (Å²) in [6.07, 6.45) is 0.318. The summed E-state index contributed by atoms with van der Waals surface area (Å²) in [5.41, 5.74) is 1.90. The van der Waals surface area contributed by atoms with Gasteiger partial charge in [0.2, 0.25) is 11.8 Å². The van der Waals surface area contributed by atoms with Gasteiger partial charge in [-0.05, 0) is 88.2 Å². The monoisotopic (exact) mass is 583 g/mol. The fourth-order valence-electron chi connectivity index (χ4n) is 4.45. The summed E-state index contributed by atoms with van der Waals surface area (Å²) in [4.78, 5) is 28.6. The second-order valence-electron chi connectivity index (χ2n) is 9.99. The van der Waals surface area contributed by atoms with Gasteiger partial charge in [0.15, 0.2) is 0 Å². The van der Waals surface area contributed by atoms with Crippen molar-refractivity contribution in [3.63, 3.8) is 0 Å². The number of nitrogens with zero attached hydrogens (tertiary/aromatic N) is 2. The summed E-state index contributed by atoms with van der Waals surface area (Å²) in [7, 11) is -4.27. The Hall–Kier alpha value is -3.92. The van der Waals surface area contributed by atoms with E-state index in [1.54, 1.807) is 6.92 Å². The lowest BCUT2D eigenvalue weighted by Gasteiger charge is -2.33. The third-order valence-corrected chi connectivity index (χ3v) is 8.16. The van der Waals surface area contributed by atoms with E-state index in [9.17, 15) is 22.4 Å². The lowest BCUT2D eigenvalue weighted by atomic mass is 10.1. The molecule has 8 nitrogen and oxygen atoms in total. The Morgan fingerprint density at radius 3 is 2.20 bits per heavy atom. The predicted molar refractivity (Wildman–Crippen MR) is 158 cm³/mol. The molecule has 220 valence electrons. The summed E-state index contributed by atoms with van der Waals surface area (Å²) >= 11 is 0. The molecule has 0 saturated heterocycles. The number of hydrogen-bond acceptors (Lipinski definition) is 5. The van der Waals surface area contributed by atoms with E-state index in [4.69, 9.17) is 4.74 Å². The predicted octanol–water partition coefficient (Wildman–Crippen LogP) is 5.06. The van der Waals surface area contributed by atoms with E-state index in [0.29, 0.717) is 18.8 Å². The number of carbonyl (C=O) groups excluding carboxylic acids is 2. The van der Waals surface area contributed by atoms with E-state index in [-0.39, 0.29) is 29.1 Å². The van der Waals surface area contributed by atoms with Crippen LogP contribution in [0.25, 0.3) is 0 Å². The lowest BCUT2D eigenvalue weighted by Crippen LogP contribution is -2.53. The molecule has 0 unspecified atom stereocenters. The molecule has 0 aliphatic rings. The van der Waals surface area contributed by atoms with Crippen LogP contribution in [0.4, 0.5) is 10.1 Å². The quantitative estimate of drug-likeness (QED) is 0.304. The Kier molecular flexibility index (Phi) is 10.9. The van der Waals surface area contributed by atoms with Crippen molar-refractivity contribution in [2.24, 2.45) is 0 Å². The number of aryl methyl sites for hydroxylation is 1. The topological polar surface area (TPSA) is 96.0 Å². The molecule has 3 rings (SSSR count). The van der Waals surface area contributed by atoms with Gasteiger partial charge >= 0.3 is 0 Å². The van der Waals surface area contributed by atoms with E-state index in [0.717, 1.165) is 27.6 Å². The molecule has 0 bridgehead atoms. The maximum absolute atomic E-state index is 14.0. The molecule has 3 aromatic rings. The van der Waals surface area contributed by atoms with Gasteiger partial charge < -0.3 is 15.0 Å². The number of rotatable bonds is 13. The highest BCUT2D eigenvalue weighted by Gasteiger charge is 2.34. The minimum atomic E-state index is -4.27. The third kappa shape index (κ3) is 8.29. The van der Waals surface area contributed by atoms with Crippen LogP contribution in [0.15, 0.2) is 77.7 Å². The number of sulfonamides is 1. The molecule has 41 heavy (non-hydrogen) atoms. The van der Waals surface area contributed by atoms with E-state index in [1.165, 1.54) is 41.3 Å². The van der Waals surface area contributed by atoms with Crippen molar-refractivity contribution in [1.82, 2.24) is 10.2 Å². The van der Waals surface area contributed by atoms with Crippen LogP contribution in [0.2, 0.25) is 0 Å². The second-order valence-corrected chi connectivity index (χ2v) is 11.9. The zero-order chi connectivity index (χ0) is 30.2. The van der Waals surface area contributed by atoms with E-state index >= 15 is 0 Å². The third-order valence-electron chi connectivity index (χ3n) is 6.37. The van der Waals surface area contributed by atoms with Crippen LogP contribution in [0.5, 0.6) is 5.75 Å². The fourth-order valence-corrected chi connectivity index (χ4v) is 5.86. The Morgan fingerprint density at radius 1 is 0.976 bits per heavy atom. The number of anilines is 1. The van der Waals surface area contributed by atoms with Gasteiger partial charge in [-0.15, -0.1) is 0 Å². The molecule has 0 aliphatic heterocycles. The number of ether oxygens (including phenoxy) is 1. The van der Waals surface area contributed by atoms with Crippen LogP contribution >= 0.6 is 0 Å². The molecule has 1 atom stereocenters. The highest BCUT2D eigenvalue weighted by atomic mass is 32.2. The van der Waals surface area contributed by atoms with E-state index < -0.39 is 34.3 Å². The largest absolute Gasteiger partial charge is 0.494 e. The molecular formula is C31H38FN3O5S. The molecule has 0 radical (unpaired) electrons. The van der Waals surface area contributed by atoms with Crippen molar-refractivity contribution in [2.75, 3.05) is 17.5 Å². The van der Waals surface area contributed by atoms with Crippen LogP contribution in [-0.2, 0) is 26.2 Å². The SMILES string of the molecule is CCOc1ccc(S(=O)(=O)N(CC(=O)N(Cc2cccc(C)c2)[C@H](CC)C(=O)NC(C)C)c2ccc(F)cc2)cc1. The number of halogens is 1. The zero-order valence-corrected chi connectivity index (χ0v) is 24.9. The van der Waals surface area contributed by atoms with Crippen LogP contribution in [0.1, 0.15) is 45.2 Å². The van der Waals surface area contributed by atoms with Gasteiger partial charge in [-0.25, -0.2) is 12.8 Å². The van der Waals surface area contributed by atoms with Crippen molar-refractivity contribution >= 4 is 27.5 Å². The smallest absolute Gasteiger partial charge is 0.264 e. The highest BCUT2D eigenvalue weighted by Crippen LogP contribution is 2.26. The molecule has 0 fully saturated rings. The standard InChI is InChI=1S/C31H38FN3O5S/c1-6-29(31(37)33-22(3)4)34(20-24-10-8-9-23(5)19-24)30(36)21-35(26-13-11-25(32)12-14-26)41(38,39)28-17-15-27(16-18-28)40-7-2/h8-19,22,29H,6-7,20-21H2,1-5H3,(H,33,37)/t29-/m1/s1. The molecule has 0 aliphatic carbocycles. The molecule has 2 amide bonds. The van der Waals surface area contributed by atoms with Crippen molar-refractivity contribution in [3.05, 3.63) is 89.7 Å². The van der Waals surface area contributed by atoms with Crippen molar-refractivity contribution in [2.45, 2.75) is 64.6 Å². The first-order valence-electron chi connectivity index (χ1n) is 13.6. The Labute approximate surface area is 242 Å². The van der Waals surface area contributed by atoms with Crippen LogP contribution in [0.3, 0.4) is 0 Å². The molecule has 0 aromatic heterocycles. The first-order chi connectivity index (χ1) is 19.5. The zero-order valence-electron chi connectivity index (χ0n) is 24.1. The Bertz CT molecular complexity index is 1430. The van der Waals surface area contributed by atoms with Crippen LogP contribution in [0, 0.1) is 12.7 Å². The summed E-state index contributed by atoms with van der Waals surface area (Å²) in [6, 6.07) is 17.3. The van der Waals surface area contributed by atoms with E-state index in [1.807, 2.05) is 52.0 Å². The van der Waals surface area contributed by atoms with Gasteiger partial charge in [0.1, 0.15) is 24.2 Å². The Morgan fingerprint density at radius 2 is 1.63 bits per heavy atom. The lowest BCUT2D eigenvalue weighted by molar-refractivity contribution is -0.140. The number of nitrogens with one attached hydrogen (secondary N) is 1. The van der Waals surface area contributed by atoms with Crippen LogP contribution < -0.4 is 14.4 Å². The number of amides is 2. The minimum absolute atomic E-state index is 0.0621. The Balaban J connectivity index is 2.05. The maximum Gasteiger partial charge on any atom is 0.264 e. The number of benzene rings is 3. The van der Waals surface area contributed by atoms with Crippen molar-refractivity contribution in [1.29, 1.82) is 0 Å². The van der Waals surface area contributed by atoms with Gasteiger partial charge in [-0.2, -0.15) is 0 Å². The van der Waals surface area contributed by atoms with Gasteiger partial charge in [0.25, 0.3) is 10.0 Å². The number of hydrogen-bond donors (Lipinski definition) is 1. The summed E-state index contributed by atoms with van der Waals surface area (Å²) in [6.45, 7) is 9.13. The molecule has 0 spiro atoms. The van der Waals surface area contributed by atoms with Gasteiger partial charge in [-0.1, -0.05) is 36.8 Å². The maximum atomic E-state index is 14.0. The minimum Gasteiger partial charge on any atom is -0.494 e. The summed E-state index contributed by atoms with van der Waals surface area (Å²) in [5.74, 6) is -0.944. The summed E-state index contributed by atoms with van der Waals surface area (Å²) in [5, 5.41) is 2.87. The average molecular weight is 584 g/mol. The first kappa shape index (κ1) is 31.6. The second kappa shape index (κ2) is 14.1. The summed E-state index contributed by atoms with van der Waals surface area (Å²) < 4.78 is 48.0. The van der Waals surface area contributed by atoms with E-state index in [2.05, 4.69) is 5.32 Å². The highest BCUT2D eigenvalue weighted by molar-refractivity contribution is 7.92. The molecule has 0 heterocycles. The normalized spacial score (nSPS) is 12.1. The average Bonchev–Trinajstić information content (AvgIpc) is 2.92. The molecule has 0 saturated carbocycles. The van der Waals surface area contributed by atoms with Gasteiger partial charge in [0, 0.05) is 12.6 Å². The molecule has 3 aromatic carbocycles. The molecule has 1 N–H and O–H groups in total.